The van der Waals surface area contributed by atoms with Crippen molar-refractivity contribution in [2.45, 2.75) is 25.8 Å². The van der Waals surface area contributed by atoms with E-state index in [0.717, 1.165) is 0 Å². The topological polar surface area (TPSA) is 91.6 Å². The van der Waals surface area contributed by atoms with Crippen LogP contribution in [-0.2, 0) is 4.79 Å². The van der Waals surface area contributed by atoms with E-state index in [2.05, 4.69) is 10.6 Å². The van der Waals surface area contributed by atoms with Gasteiger partial charge in [0.05, 0.1) is 6.26 Å². The van der Waals surface area contributed by atoms with Crippen molar-refractivity contribution in [3.05, 3.63) is 24.2 Å². The minimum atomic E-state index is -0.628. The second kappa shape index (κ2) is 7.50. The number of rotatable bonds is 7. The van der Waals surface area contributed by atoms with Gasteiger partial charge in [-0.3, -0.25) is 9.59 Å². The molecule has 0 fully saturated rings. The molecular weight excluding hydrogens is 236 g/mol. The standard InChI is InChI=1S/C12H18N2O4/c1-9(11(16)13-6-2-3-7-15)14-12(17)10-5-4-8-18-10/h4-5,8-9,15H,2-3,6-7H2,1H3,(H,13,16)(H,14,17). The summed E-state index contributed by atoms with van der Waals surface area (Å²) in [5.74, 6) is -0.499. The van der Waals surface area contributed by atoms with Crippen molar-refractivity contribution < 1.29 is 19.1 Å². The Balaban J connectivity index is 2.29. The predicted molar refractivity (Wildman–Crippen MR) is 65.0 cm³/mol. The number of hydrogen-bond donors (Lipinski definition) is 3. The Morgan fingerprint density at radius 2 is 2.22 bits per heavy atom. The number of amides is 2. The van der Waals surface area contributed by atoms with Crippen molar-refractivity contribution in [2.24, 2.45) is 0 Å². The van der Waals surface area contributed by atoms with Crippen LogP contribution in [-0.4, -0.2) is 36.1 Å². The van der Waals surface area contributed by atoms with Gasteiger partial charge in [-0.1, -0.05) is 0 Å². The zero-order valence-electron chi connectivity index (χ0n) is 10.3. The van der Waals surface area contributed by atoms with Gasteiger partial charge in [-0.15, -0.1) is 0 Å². The fraction of sp³-hybridized carbons (Fsp3) is 0.500. The zero-order chi connectivity index (χ0) is 13.4. The highest BCUT2D eigenvalue weighted by Crippen LogP contribution is 2.00. The summed E-state index contributed by atoms with van der Waals surface area (Å²) in [6.45, 7) is 2.20. The molecular formula is C12H18N2O4. The van der Waals surface area contributed by atoms with Gasteiger partial charge in [-0.2, -0.15) is 0 Å². The molecule has 0 saturated heterocycles. The van der Waals surface area contributed by atoms with Crippen molar-refractivity contribution in [3.8, 4) is 0 Å². The van der Waals surface area contributed by atoms with Crippen LogP contribution in [0.4, 0.5) is 0 Å². The number of aliphatic hydroxyl groups is 1. The van der Waals surface area contributed by atoms with Gasteiger partial charge >= 0.3 is 0 Å². The number of furan rings is 1. The van der Waals surface area contributed by atoms with Crippen molar-refractivity contribution >= 4 is 11.8 Å². The molecule has 0 radical (unpaired) electrons. The van der Waals surface area contributed by atoms with E-state index in [1.165, 1.54) is 12.3 Å². The van der Waals surface area contributed by atoms with E-state index in [4.69, 9.17) is 9.52 Å². The van der Waals surface area contributed by atoms with Crippen LogP contribution in [0.1, 0.15) is 30.3 Å². The van der Waals surface area contributed by atoms with Crippen LogP contribution >= 0.6 is 0 Å². The summed E-state index contributed by atoms with van der Waals surface area (Å²) in [7, 11) is 0. The fourth-order valence-corrected chi connectivity index (χ4v) is 1.34. The molecule has 3 N–H and O–H groups in total. The summed E-state index contributed by atoms with van der Waals surface area (Å²) in [5, 5.41) is 13.8. The Kier molecular flexibility index (Phi) is 5.93. The van der Waals surface area contributed by atoms with Crippen molar-refractivity contribution in [1.29, 1.82) is 0 Å². The third kappa shape index (κ3) is 4.58. The third-order valence-electron chi connectivity index (χ3n) is 2.37. The number of nitrogens with one attached hydrogen (secondary N) is 2. The minimum absolute atomic E-state index is 0.112. The van der Waals surface area contributed by atoms with Crippen LogP contribution < -0.4 is 10.6 Å². The van der Waals surface area contributed by atoms with E-state index in [9.17, 15) is 9.59 Å². The average molecular weight is 254 g/mol. The highest BCUT2D eigenvalue weighted by Gasteiger charge is 2.17. The largest absolute Gasteiger partial charge is 0.459 e. The van der Waals surface area contributed by atoms with Crippen molar-refractivity contribution in [1.82, 2.24) is 10.6 Å². The second-order valence-corrected chi connectivity index (χ2v) is 3.89. The van der Waals surface area contributed by atoms with Gasteiger partial charge in [0.25, 0.3) is 5.91 Å². The molecule has 0 aliphatic heterocycles. The van der Waals surface area contributed by atoms with Crippen LogP contribution in [0.2, 0.25) is 0 Å². The molecule has 1 aromatic rings. The Labute approximate surface area is 105 Å². The van der Waals surface area contributed by atoms with E-state index < -0.39 is 11.9 Å². The van der Waals surface area contributed by atoms with Crippen LogP contribution in [0, 0.1) is 0 Å². The Hall–Kier alpha value is -1.82. The molecule has 6 heteroatoms. The third-order valence-corrected chi connectivity index (χ3v) is 2.37. The van der Waals surface area contributed by atoms with E-state index in [1.54, 1.807) is 13.0 Å². The van der Waals surface area contributed by atoms with Gasteiger partial charge in [0.2, 0.25) is 5.91 Å². The Morgan fingerprint density at radius 1 is 1.44 bits per heavy atom. The predicted octanol–water partition coefficient (Wildman–Crippen LogP) is 0.287. The highest BCUT2D eigenvalue weighted by molar-refractivity contribution is 5.95. The molecule has 1 aromatic heterocycles. The number of hydrogen-bond acceptors (Lipinski definition) is 4. The second-order valence-electron chi connectivity index (χ2n) is 3.89. The maximum absolute atomic E-state index is 11.6. The number of carbonyl (C=O) groups excluding carboxylic acids is 2. The van der Waals surface area contributed by atoms with Crippen LogP contribution in [0.5, 0.6) is 0 Å². The number of unbranched alkanes of at least 4 members (excludes halogenated alkanes) is 1. The summed E-state index contributed by atoms with van der Waals surface area (Å²) in [4.78, 5) is 23.2. The molecule has 2 amide bonds. The lowest BCUT2D eigenvalue weighted by Crippen LogP contribution is -2.45. The van der Waals surface area contributed by atoms with Gasteiger partial charge < -0.3 is 20.2 Å². The normalized spacial score (nSPS) is 11.9. The van der Waals surface area contributed by atoms with Crippen LogP contribution in [0.3, 0.4) is 0 Å². The highest BCUT2D eigenvalue weighted by atomic mass is 16.3. The summed E-state index contributed by atoms with van der Waals surface area (Å²) in [6.07, 6.45) is 2.75. The Morgan fingerprint density at radius 3 is 2.83 bits per heavy atom. The number of carbonyl (C=O) groups is 2. The monoisotopic (exact) mass is 254 g/mol. The summed E-state index contributed by atoms with van der Waals surface area (Å²) < 4.78 is 4.92. The molecule has 1 rings (SSSR count). The molecule has 1 unspecified atom stereocenters. The summed E-state index contributed by atoms with van der Waals surface area (Å²) in [6, 6.07) is 2.51. The van der Waals surface area contributed by atoms with E-state index in [1.807, 2.05) is 0 Å². The van der Waals surface area contributed by atoms with E-state index in [0.29, 0.717) is 19.4 Å². The average Bonchev–Trinajstić information content (AvgIpc) is 2.88. The van der Waals surface area contributed by atoms with Gasteiger partial charge in [-0.25, -0.2) is 0 Å². The molecule has 1 atom stereocenters. The molecule has 18 heavy (non-hydrogen) atoms. The zero-order valence-corrected chi connectivity index (χ0v) is 10.3. The first-order chi connectivity index (χ1) is 8.65. The first kappa shape index (κ1) is 14.2. The smallest absolute Gasteiger partial charge is 0.287 e. The molecule has 1 heterocycles. The van der Waals surface area contributed by atoms with Crippen LogP contribution in [0.15, 0.2) is 22.8 Å². The van der Waals surface area contributed by atoms with Gasteiger partial charge in [0.1, 0.15) is 6.04 Å². The lowest BCUT2D eigenvalue weighted by atomic mass is 10.2. The molecule has 6 nitrogen and oxygen atoms in total. The van der Waals surface area contributed by atoms with Gasteiger partial charge in [0.15, 0.2) is 5.76 Å². The lowest BCUT2D eigenvalue weighted by Gasteiger charge is -2.13. The molecule has 0 spiro atoms. The summed E-state index contributed by atoms with van der Waals surface area (Å²) in [5.41, 5.74) is 0. The van der Waals surface area contributed by atoms with Crippen molar-refractivity contribution in [2.75, 3.05) is 13.2 Å². The first-order valence-electron chi connectivity index (χ1n) is 5.88. The maximum Gasteiger partial charge on any atom is 0.287 e. The molecule has 0 aliphatic carbocycles. The molecule has 0 bridgehead atoms. The maximum atomic E-state index is 11.6. The molecule has 0 aliphatic rings. The first-order valence-corrected chi connectivity index (χ1v) is 5.88. The minimum Gasteiger partial charge on any atom is -0.459 e. The van der Waals surface area contributed by atoms with E-state index >= 15 is 0 Å². The summed E-state index contributed by atoms with van der Waals surface area (Å²) >= 11 is 0. The fourth-order valence-electron chi connectivity index (χ4n) is 1.34. The van der Waals surface area contributed by atoms with Gasteiger partial charge in [0, 0.05) is 13.2 Å². The molecule has 0 saturated carbocycles. The van der Waals surface area contributed by atoms with Crippen LogP contribution in [0.25, 0.3) is 0 Å². The molecule has 0 aromatic carbocycles. The number of aliphatic hydroxyl groups excluding tert-OH is 1. The van der Waals surface area contributed by atoms with Crippen molar-refractivity contribution in [3.63, 3.8) is 0 Å². The quantitative estimate of drug-likeness (QED) is 0.610. The van der Waals surface area contributed by atoms with E-state index in [-0.39, 0.29) is 18.3 Å². The SMILES string of the molecule is CC(NC(=O)c1ccco1)C(=O)NCCCCO. The lowest BCUT2D eigenvalue weighted by molar-refractivity contribution is -0.122. The Bertz CT molecular complexity index is 375. The van der Waals surface area contributed by atoms with Gasteiger partial charge in [-0.05, 0) is 31.9 Å². The molecule has 100 valence electrons.